The molecular formula is C32H44N2O7. The number of hydrogen-bond donors (Lipinski definition) is 2. The number of hydrogen-bond acceptors (Lipinski definition) is 7. The van der Waals surface area contributed by atoms with Gasteiger partial charge in [0.1, 0.15) is 5.75 Å². The summed E-state index contributed by atoms with van der Waals surface area (Å²) < 4.78 is 10.8. The highest BCUT2D eigenvalue weighted by atomic mass is 16.5. The minimum absolute atomic E-state index is 0.00935. The molecule has 0 aromatic heterocycles. The van der Waals surface area contributed by atoms with E-state index in [9.17, 15) is 24.6 Å². The third-order valence-corrected chi connectivity index (χ3v) is 10.1. The van der Waals surface area contributed by atoms with E-state index in [1.807, 2.05) is 46.2 Å². The Morgan fingerprint density at radius 1 is 1.15 bits per heavy atom. The average Bonchev–Trinajstić information content (AvgIpc) is 3.13. The van der Waals surface area contributed by atoms with Crippen LogP contribution in [0.3, 0.4) is 0 Å². The smallest absolute Gasteiger partial charge is 0.308 e. The van der Waals surface area contributed by atoms with Crippen LogP contribution < -0.4 is 4.74 Å². The van der Waals surface area contributed by atoms with Crippen molar-refractivity contribution in [1.82, 2.24) is 9.80 Å². The van der Waals surface area contributed by atoms with Gasteiger partial charge in [0.2, 0.25) is 11.8 Å². The number of benzene rings is 1. The molecule has 0 radical (unpaired) electrons. The van der Waals surface area contributed by atoms with Crippen LogP contribution in [0.25, 0.3) is 0 Å². The van der Waals surface area contributed by atoms with Crippen LogP contribution in [0.15, 0.2) is 36.4 Å². The molecule has 1 unspecified atom stereocenters. The van der Waals surface area contributed by atoms with Gasteiger partial charge in [-0.1, -0.05) is 24.3 Å². The summed E-state index contributed by atoms with van der Waals surface area (Å²) in [6, 6.07) is 6.97. The summed E-state index contributed by atoms with van der Waals surface area (Å²) in [6.07, 6.45) is 7.55. The van der Waals surface area contributed by atoms with Crippen LogP contribution in [-0.4, -0.2) is 82.3 Å². The van der Waals surface area contributed by atoms with E-state index in [1.54, 1.807) is 14.0 Å². The highest BCUT2D eigenvalue weighted by Gasteiger charge is 2.73. The van der Waals surface area contributed by atoms with E-state index in [0.717, 1.165) is 12.0 Å². The number of esters is 1. The quantitative estimate of drug-likeness (QED) is 0.383. The van der Waals surface area contributed by atoms with E-state index in [1.165, 1.54) is 0 Å². The third kappa shape index (κ3) is 5.27. The van der Waals surface area contributed by atoms with Crippen LogP contribution in [0.2, 0.25) is 0 Å². The number of nitrogens with zero attached hydrogens (tertiary/aromatic N) is 2. The summed E-state index contributed by atoms with van der Waals surface area (Å²) in [5.74, 6) is -0.260. The largest absolute Gasteiger partial charge is 0.497 e. The molecule has 3 aliphatic heterocycles. The minimum atomic E-state index is -1.02. The third-order valence-electron chi connectivity index (χ3n) is 10.1. The molecule has 1 aromatic rings. The number of ether oxygens (including phenoxy) is 2. The predicted octanol–water partition coefficient (Wildman–Crippen LogP) is 3.22. The molecule has 0 spiro atoms. The molecule has 9 nitrogen and oxygen atoms in total. The lowest BCUT2D eigenvalue weighted by atomic mass is 9.51. The van der Waals surface area contributed by atoms with Crippen molar-refractivity contribution >= 4 is 17.8 Å². The van der Waals surface area contributed by atoms with Gasteiger partial charge in [-0.2, -0.15) is 0 Å². The van der Waals surface area contributed by atoms with Gasteiger partial charge in [-0.15, -0.1) is 0 Å². The van der Waals surface area contributed by atoms with Gasteiger partial charge in [-0.05, 0) is 75.5 Å². The predicted molar refractivity (Wildman–Crippen MR) is 152 cm³/mol. The Balaban J connectivity index is 1.65. The molecule has 5 rings (SSSR count). The van der Waals surface area contributed by atoms with E-state index in [2.05, 4.69) is 0 Å². The zero-order valence-electron chi connectivity index (χ0n) is 24.3. The Hall–Kier alpha value is -2.91. The second-order valence-electron chi connectivity index (χ2n) is 12.3. The second-order valence-corrected chi connectivity index (χ2v) is 12.3. The molecule has 2 N–H and O–H groups in total. The summed E-state index contributed by atoms with van der Waals surface area (Å²) in [7, 11) is 1.60. The molecular weight excluding hydrogens is 524 g/mol. The maximum atomic E-state index is 14.4. The van der Waals surface area contributed by atoms with Crippen molar-refractivity contribution in [3.8, 4) is 5.75 Å². The molecule has 1 aromatic carbocycles. The van der Waals surface area contributed by atoms with Gasteiger partial charge in [-0.25, -0.2) is 0 Å². The molecule has 4 aliphatic rings. The highest BCUT2D eigenvalue weighted by Crippen LogP contribution is 2.63. The second kappa shape index (κ2) is 12.1. The Kier molecular flexibility index (Phi) is 8.76. The zero-order chi connectivity index (χ0) is 29.2. The van der Waals surface area contributed by atoms with Crippen LogP contribution >= 0.6 is 0 Å². The van der Waals surface area contributed by atoms with Crippen LogP contribution in [0.1, 0.15) is 70.3 Å². The number of methoxy groups -OCH3 is 1. The average molecular weight is 569 g/mol. The number of allylic oxidation sites excluding steroid dienone is 1. The van der Waals surface area contributed by atoms with Gasteiger partial charge in [0.15, 0.2) is 0 Å². The van der Waals surface area contributed by atoms with Crippen LogP contribution in [-0.2, 0) is 25.7 Å². The molecule has 9 heteroatoms. The van der Waals surface area contributed by atoms with Crippen molar-refractivity contribution in [2.75, 3.05) is 26.9 Å². The monoisotopic (exact) mass is 568 g/mol. The van der Waals surface area contributed by atoms with E-state index in [0.29, 0.717) is 57.2 Å². The summed E-state index contributed by atoms with van der Waals surface area (Å²) in [5, 5.41) is 22.0. The Morgan fingerprint density at radius 2 is 1.93 bits per heavy atom. The van der Waals surface area contributed by atoms with Crippen molar-refractivity contribution in [2.45, 2.75) is 88.9 Å². The minimum Gasteiger partial charge on any atom is -0.497 e. The first-order valence-corrected chi connectivity index (χ1v) is 15.1. The fourth-order valence-electron chi connectivity index (χ4n) is 8.35. The number of piperidine rings is 1. The van der Waals surface area contributed by atoms with Crippen LogP contribution in [0.4, 0.5) is 0 Å². The first-order chi connectivity index (χ1) is 19.8. The molecule has 41 heavy (non-hydrogen) atoms. The summed E-state index contributed by atoms with van der Waals surface area (Å²) >= 11 is 0. The summed E-state index contributed by atoms with van der Waals surface area (Å²) in [4.78, 5) is 45.4. The molecule has 1 aliphatic carbocycles. The highest BCUT2D eigenvalue weighted by molar-refractivity contribution is 5.87. The summed E-state index contributed by atoms with van der Waals surface area (Å²) in [6.45, 7) is 2.51. The molecule has 6 atom stereocenters. The van der Waals surface area contributed by atoms with Crippen molar-refractivity contribution in [3.63, 3.8) is 0 Å². The Labute approximate surface area is 242 Å². The standard InChI is InChI=1S/C32H44N2O7/c1-3-41-28(38)19-32-26-15-17-33-27(37)9-7-5-4-6-8-23(36)14-16-31(21-35,30(32)33)18-25(26)29(39)34(32)20-22-10-12-24(40-2)13-11-22/h4,6,10-13,23,25-26,30,35-36H,3,5,7-9,14-21H2,1-2H3/t23?,25-,26+,30-,31-,32-/m0/s1. The normalized spacial score (nSPS) is 33.6. The Morgan fingerprint density at radius 3 is 2.63 bits per heavy atom. The van der Waals surface area contributed by atoms with Crippen molar-refractivity contribution in [1.29, 1.82) is 0 Å². The Bertz CT molecular complexity index is 1150. The van der Waals surface area contributed by atoms with E-state index >= 15 is 0 Å². The van der Waals surface area contributed by atoms with Gasteiger partial charge < -0.3 is 29.5 Å². The molecule has 3 heterocycles. The van der Waals surface area contributed by atoms with Gasteiger partial charge in [0.25, 0.3) is 0 Å². The van der Waals surface area contributed by atoms with Gasteiger partial charge in [0, 0.05) is 30.8 Å². The number of rotatable bonds is 7. The lowest BCUT2D eigenvalue weighted by Gasteiger charge is -2.63. The van der Waals surface area contributed by atoms with Crippen molar-refractivity contribution in [2.24, 2.45) is 17.3 Å². The maximum Gasteiger partial charge on any atom is 0.308 e. The first-order valence-electron chi connectivity index (χ1n) is 15.1. The van der Waals surface area contributed by atoms with Crippen molar-refractivity contribution < 1.29 is 34.1 Å². The molecule has 2 amide bonds. The maximum absolute atomic E-state index is 14.4. The van der Waals surface area contributed by atoms with Gasteiger partial charge in [0.05, 0.1) is 44.4 Å². The lowest BCUT2D eigenvalue weighted by Crippen LogP contribution is -2.75. The van der Waals surface area contributed by atoms with Gasteiger partial charge in [-0.3, -0.25) is 14.4 Å². The number of carbonyl (C=O) groups excluding carboxylic acids is 3. The zero-order valence-corrected chi connectivity index (χ0v) is 24.3. The molecule has 4 bridgehead atoms. The number of amides is 2. The molecule has 3 fully saturated rings. The SMILES string of the molecule is CCOC(=O)C[C@@]12[C@@H]3CCN4C(=O)CCCC=CCC(O)CC[C@@](CO)(C[C@@H]3C(=O)N1Cc1ccc(OC)cc1)[C@H]42. The summed E-state index contributed by atoms with van der Waals surface area (Å²) in [5.41, 5.74) is -0.966. The van der Waals surface area contributed by atoms with Gasteiger partial charge >= 0.3 is 5.97 Å². The lowest BCUT2D eigenvalue weighted by molar-refractivity contribution is -0.181. The molecule has 2 saturated heterocycles. The molecule has 1 saturated carbocycles. The van der Waals surface area contributed by atoms with Crippen LogP contribution in [0.5, 0.6) is 5.75 Å². The fourth-order valence-corrected chi connectivity index (χ4v) is 8.35. The fraction of sp³-hybridized carbons (Fsp3) is 0.656. The number of carbonyl (C=O) groups is 3. The van der Waals surface area contributed by atoms with Crippen molar-refractivity contribution in [3.05, 3.63) is 42.0 Å². The molecule has 224 valence electrons. The number of likely N-dealkylation sites (tertiary alicyclic amines) is 1. The first kappa shape index (κ1) is 29.6. The number of aliphatic hydroxyl groups is 2. The van der Waals surface area contributed by atoms with E-state index in [4.69, 9.17) is 9.47 Å². The topological polar surface area (TPSA) is 117 Å². The van der Waals surface area contributed by atoms with E-state index in [-0.39, 0.29) is 49.8 Å². The van der Waals surface area contributed by atoms with Crippen LogP contribution in [0, 0.1) is 17.3 Å². The number of aliphatic hydroxyl groups excluding tert-OH is 2. The van der Waals surface area contributed by atoms with E-state index < -0.39 is 29.1 Å².